The summed E-state index contributed by atoms with van der Waals surface area (Å²) >= 11 is 0. The van der Waals surface area contributed by atoms with Gasteiger partial charge in [0.1, 0.15) is 0 Å². The molecular formula is C17H20N2O2. The molecule has 0 spiro atoms. The zero-order chi connectivity index (χ0) is 15.2. The van der Waals surface area contributed by atoms with E-state index in [0.717, 1.165) is 24.8 Å². The highest BCUT2D eigenvalue weighted by atomic mass is 16.6. The first-order chi connectivity index (χ1) is 10.0. The van der Waals surface area contributed by atoms with Gasteiger partial charge in [-0.15, -0.1) is 0 Å². The molecule has 0 saturated heterocycles. The Hall–Kier alpha value is -2.20. The number of benzene rings is 2. The van der Waals surface area contributed by atoms with Gasteiger partial charge < -0.3 is 5.73 Å². The van der Waals surface area contributed by atoms with Crippen LogP contribution in [-0.2, 0) is 12.8 Å². The minimum absolute atomic E-state index is 0.0999. The van der Waals surface area contributed by atoms with Crippen LogP contribution >= 0.6 is 0 Å². The molecule has 1 atom stereocenters. The van der Waals surface area contributed by atoms with Gasteiger partial charge in [0.2, 0.25) is 0 Å². The lowest BCUT2D eigenvalue weighted by molar-refractivity contribution is -0.384. The molecule has 21 heavy (non-hydrogen) atoms. The van der Waals surface area contributed by atoms with Crippen molar-refractivity contribution in [2.75, 3.05) is 0 Å². The van der Waals surface area contributed by atoms with Gasteiger partial charge in [-0.2, -0.15) is 0 Å². The summed E-state index contributed by atoms with van der Waals surface area (Å²) in [6.07, 6.45) is 2.56. The van der Waals surface area contributed by atoms with Crippen LogP contribution in [0.1, 0.15) is 23.1 Å². The molecule has 2 aromatic carbocycles. The third-order valence-electron chi connectivity index (χ3n) is 3.57. The summed E-state index contributed by atoms with van der Waals surface area (Å²) in [4.78, 5) is 10.2. The van der Waals surface area contributed by atoms with Crippen molar-refractivity contribution in [2.45, 2.75) is 32.2 Å². The molecule has 0 radical (unpaired) electrons. The van der Waals surface area contributed by atoms with Crippen molar-refractivity contribution < 1.29 is 4.92 Å². The Morgan fingerprint density at radius 2 is 1.62 bits per heavy atom. The minimum atomic E-state index is -0.382. The first kappa shape index (κ1) is 15.2. The predicted octanol–water partition coefficient (Wildman–Crippen LogP) is 3.41. The van der Waals surface area contributed by atoms with E-state index in [2.05, 4.69) is 31.2 Å². The maximum atomic E-state index is 10.6. The smallest absolute Gasteiger partial charge is 0.269 e. The standard InChI is InChI=1S/C17H20N2O2/c1-13-2-4-15(5-3-13)12-16(18)9-6-14-7-10-17(11-8-14)19(20)21/h2-5,7-8,10-11,16H,6,9,12,18H2,1H3. The highest BCUT2D eigenvalue weighted by Crippen LogP contribution is 2.14. The molecule has 0 aromatic heterocycles. The third kappa shape index (κ3) is 4.68. The fraction of sp³-hybridized carbons (Fsp3) is 0.294. The van der Waals surface area contributed by atoms with Gasteiger partial charge in [0.15, 0.2) is 0 Å². The lowest BCUT2D eigenvalue weighted by Gasteiger charge is -2.12. The van der Waals surface area contributed by atoms with Crippen molar-refractivity contribution >= 4 is 5.69 Å². The number of nitrogens with two attached hydrogens (primary N) is 1. The van der Waals surface area contributed by atoms with Crippen molar-refractivity contribution in [3.8, 4) is 0 Å². The van der Waals surface area contributed by atoms with Crippen LogP contribution < -0.4 is 5.73 Å². The second kappa shape index (κ2) is 6.99. The number of non-ortho nitro benzene ring substituents is 1. The molecule has 110 valence electrons. The number of rotatable bonds is 6. The number of nitro groups is 1. The molecule has 2 N–H and O–H groups in total. The monoisotopic (exact) mass is 284 g/mol. The van der Waals surface area contributed by atoms with Gasteiger partial charge in [0.25, 0.3) is 5.69 Å². The van der Waals surface area contributed by atoms with E-state index in [1.807, 2.05) is 0 Å². The normalized spacial score (nSPS) is 12.1. The number of nitrogens with zero attached hydrogens (tertiary/aromatic N) is 1. The highest BCUT2D eigenvalue weighted by molar-refractivity contribution is 5.33. The van der Waals surface area contributed by atoms with Crippen molar-refractivity contribution in [1.29, 1.82) is 0 Å². The summed E-state index contributed by atoms with van der Waals surface area (Å²) < 4.78 is 0. The minimum Gasteiger partial charge on any atom is -0.327 e. The largest absolute Gasteiger partial charge is 0.327 e. The first-order valence-electron chi connectivity index (χ1n) is 7.09. The summed E-state index contributed by atoms with van der Waals surface area (Å²) in [6.45, 7) is 2.07. The van der Waals surface area contributed by atoms with Gasteiger partial charge in [0, 0.05) is 18.2 Å². The van der Waals surface area contributed by atoms with E-state index in [9.17, 15) is 10.1 Å². The SMILES string of the molecule is Cc1ccc(CC(N)CCc2ccc([N+](=O)[O-])cc2)cc1. The zero-order valence-electron chi connectivity index (χ0n) is 12.2. The Bertz CT molecular complexity index is 591. The second-order valence-corrected chi connectivity index (χ2v) is 5.41. The maximum Gasteiger partial charge on any atom is 0.269 e. The van der Waals surface area contributed by atoms with Crippen molar-refractivity contribution in [3.05, 3.63) is 75.3 Å². The van der Waals surface area contributed by atoms with Gasteiger partial charge in [-0.1, -0.05) is 42.0 Å². The van der Waals surface area contributed by atoms with E-state index in [1.165, 1.54) is 11.1 Å². The van der Waals surface area contributed by atoms with E-state index < -0.39 is 0 Å². The Kier molecular flexibility index (Phi) is 5.06. The topological polar surface area (TPSA) is 69.2 Å². The second-order valence-electron chi connectivity index (χ2n) is 5.41. The Morgan fingerprint density at radius 3 is 2.19 bits per heavy atom. The van der Waals surface area contributed by atoms with Gasteiger partial charge in [0.05, 0.1) is 4.92 Å². The lowest BCUT2D eigenvalue weighted by atomic mass is 9.99. The van der Waals surface area contributed by atoms with E-state index in [4.69, 9.17) is 5.73 Å². The molecule has 0 aliphatic rings. The van der Waals surface area contributed by atoms with Gasteiger partial charge in [-0.05, 0) is 37.3 Å². The highest BCUT2D eigenvalue weighted by Gasteiger charge is 2.07. The molecule has 0 bridgehead atoms. The van der Waals surface area contributed by atoms with Crippen LogP contribution in [0.2, 0.25) is 0 Å². The van der Waals surface area contributed by atoms with Crippen molar-refractivity contribution in [3.63, 3.8) is 0 Å². The van der Waals surface area contributed by atoms with Gasteiger partial charge in [-0.25, -0.2) is 0 Å². The molecule has 0 amide bonds. The predicted molar refractivity (Wildman–Crippen MR) is 84.3 cm³/mol. The molecule has 0 saturated carbocycles. The average Bonchev–Trinajstić information content (AvgIpc) is 2.48. The molecular weight excluding hydrogens is 264 g/mol. The molecule has 0 heterocycles. The number of hydrogen-bond acceptors (Lipinski definition) is 3. The molecule has 2 aromatic rings. The van der Waals surface area contributed by atoms with Crippen LogP contribution in [0.15, 0.2) is 48.5 Å². The number of aryl methyl sites for hydroxylation is 2. The van der Waals surface area contributed by atoms with Crippen LogP contribution in [0.3, 0.4) is 0 Å². The Balaban J connectivity index is 1.84. The quantitative estimate of drug-likeness (QED) is 0.653. The molecule has 2 rings (SSSR count). The summed E-state index contributed by atoms with van der Waals surface area (Å²) in [6, 6.07) is 15.2. The van der Waals surface area contributed by atoms with Gasteiger partial charge >= 0.3 is 0 Å². The van der Waals surface area contributed by atoms with Crippen molar-refractivity contribution in [1.82, 2.24) is 0 Å². The van der Waals surface area contributed by atoms with E-state index in [1.54, 1.807) is 24.3 Å². The summed E-state index contributed by atoms with van der Waals surface area (Å²) in [5, 5.41) is 10.6. The van der Waals surface area contributed by atoms with Crippen LogP contribution in [0.4, 0.5) is 5.69 Å². The van der Waals surface area contributed by atoms with Gasteiger partial charge in [-0.3, -0.25) is 10.1 Å². The first-order valence-corrected chi connectivity index (χ1v) is 7.09. The van der Waals surface area contributed by atoms with Crippen LogP contribution in [-0.4, -0.2) is 11.0 Å². The molecule has 0 aliphatic carbocycles. The number of nitro benzene ring substituents is 1. The Morgan fingerprint density at radius 1 is 1.05 bits per heavy atom. The number of hydrogen-bond donors (Lipinski definition) is 1. The summed E-state index contributed by atoms with van der Waals surface area (Å²) in [7, 11) is 0. The van der Waals surface area contributed by atoms with Crippen LogP contribution in [0.5, 0.6) is 0 Å². The van der Waals surface area contributed by atoms with Crippen molar-refractivity contribution in [2.24, 2.45) is 5.73 Å². The fourth-order valence-electron chi connectivity index (χ4n) is 2.27. The van der Waals surface area contributed by atoms with E-state index in [-0.39, 0.29) is 16.7 Å². The summed E-state index contributed by atoms with van der Waals surface area (Å²) in [5.74, 6) is 0. The molecule has 4 heteroatoms. The zero-order valence-corrected chi connectivity index (χ0v) is 12.2. The maximum absolute atomic E-state index is 10.6. The van der Waals surface area contributed by atoms with Crippen LogP contribution in [0, 0.1) is 17.0 Å². The molecule has 0 aliphatic heterocycles. The van der Waals surface area contributed by atoms with E-state index >= 15 is 0 Å². The molecule has 0 fully saturated rings. The Labute approximate surface area is 124 Å². The molecule has 4 nitrogen and oxygen atoms in total. The third-order valence-corrected chi connectivity index (χ3v) is 3.57. The van der Waals surface area contributed by atoms with E-state index in [0.29, 0.717) is 0 Å². The molecule has 1 unspecified atom stereocenters. The lowest BCUT2D eigenvalue weighted by Crippen LogP contribution is -2.23. The summed E-state index contributed by atoms with van der Waals surface area (Å²) in [5.41, 5.74) is 9.87. The average molecular weight is 284 g/mol. The fourth-order valence-corrected chi connectivity index (χ4v) is 2.27. The van der Waals surface area contributed by atoms with Crippen LogP contribution in [0.25, 0.3) is 0 Å².